The van der Waals surface area contributed by atoms with Gasteiger partial charge < -0.3 is 24.8 Å². The molecule has 26 heavy (non-hydrogen) atoms. The monoisotopic (exact) mass is 370 g/mol. The summed E-state index contributed by atoms with van der Waals surface area (Å²) in [5.74, 6) is 0. The standard InChI is InChI=1S/C19H34N2O5/c1-16(2,3)25-14(23)20-12-19(13-22)11-18(19)7-9-21(10-8-18)15(24)26-17(4,5)6/h22H,7-13H2,1-6H3,(H,20,23). The Balaban J connectivity index is 1.87. The molecule has 7 heteroatoms. The van der Waals surface area contributed by atoms with Crippen molar-refractivity contribution in [3.05, 3.63) is 0 Å². The third-order valence-electron chi connectivity index (χ3n) is 5.32. The first-order valence-electron chi connectivity index (χ1n) is 9.37. The molecule has 2 amide bonds. The van der Waals surface area contributed by atoms with E-state index >= 15 is 0 Å². The number of rotatable bonds is 3. The number of alkyl carbamates (subject to hydrolysis) is 1. The number of hydrogen-bond acceptors (Lipinski definition) is 5. The lowest BCUT2D eigenvalue weighted by atomic mass is 9.84. The maximum atomic E-state index is 12.2. The van der Waals surface area contributed by atoms with Crippen molar-refractivity contribution in [2.75, 3.05) is 26.2 Å². The molecule has 1 saturated heterocycles. The highest BCUT2D eigenvalue weighted by molar-refractivity contribution is 5.68. The number of aliphatic hydroxyl groups excluding tert-OH is 1. The number of piperidine rings is 1. The van der Waals surface area contributed by atoms with Gasteiger partial charge in [0, 0.05) is 25.0 Å². The molecule has 0 bridgehead atoms. The van der Waals surface area contributed by atoms with Crippen LogP contribution in [0, 0.1) is 10.8 Å². The molecule has 1 spiro atoms. The van der Waals surface area contributed by atoms with Crippen molar-refractivity contribution in [2.45, 2.75) is 72.0 Å². The van der Waals surface area contributed by atoms with Crippen molar-refractivity contribution in [2.24, 2.45) is 10.8 Å². The summed E-state index contributed by atoms with van der Waals surface area (Å²) in [6, 6.07) is 0. The fourth-order valence-corrected chi connectivity index (χ4v) is 3.84. The van der Waals surface area contributed by atoms with Gasteiger partial charge >= 0.3 is 12.2 Å². The summed E-state index contributed by atoms with van der Waals surface area (Å²) in [5, 5.41) is 12.8. The average molecular weight is 370 g/mol. The Kier molecular flexibility index (Phi) is 5.53. The molecule has 1 aliphatic carbocycles. The lowest BCUT2D eigenvalue weighted by Crippen LogP contribution is -2.45. The van der Waals surface area contributed by atoms with Gasteiger partial charge in [-0.05, 0) is 66.2 Å². The van der Waals surface area contributed by atoms with Crippen molar-refractivity contribution in [3.8, 4) is 0 Å². The number of carbonyl (C=O) groups is 2. The number of likely N-dealkylation sites (tertiary alicyclic amines) is 1. The second kappa shape index (κ2) is 6.91. The van der Waals surface area contributed by atoms with Crippen LogP contribution in [-0.2, 0) is 9.47 Å². The molecule has 0 aromatic heterocycles. The molecule has 150 valence electrons. The number of hydrogen-bond donors (Lipinski definition) is 2. The number of carbonyl (C=O) groups excluding carboxylic acids is 2. The first kappa shape index (κ1) is 20.8. The summed E-state index contributed by atoms with van der Waals surface area (Å²) in [4.78, 5) is 25.8. The summed E-state index contributed by atoms with van der Waals surface area (Å²) in [6.45, 7) is 12.7. The number of nitrogens with one attached hydrogen (secondary N) is 1. The van der Waals surface area contributed by atoms with E-state index < -0.39 is 17.3 Å². The van der Waals surface area contributed by atoms with Crippen LogP contribution in [0.15, 0.2) is 0 Å². The summed E-state index contributed by atoms with van der Waals surface area (Å²) in [7, 11) is 0. The van der Waals surface area contributed by atoms with E-state index in [2.05, 4.69) is 5.32 Å². The molecular formula is C19H34N2O5. The second-order valence-corrected chi connectivity index (χ2v) is 9.72. The van der Waals surface area contributed by atoms with Gasteiger partial charge in [0.25, 0.3) is 0 Å². The van der Waals surface area contributed by atoms with Gasteiger partial charge in [-0.1, -0.05) is 0 Å². The zero-order chi connectivity index (χ0) is 19.8. The smallest absolute Gasteiger partial charge is 0.410 e. The summed E-state index contributed by atoms with van der Waals surface area (Å²) >= 11 is 0. The molecule has 1 unspecified atom stereocenters. The van der Waals surface area contributed by atoms with Gasteiger partial charge in [0.1, 0.15) is 11.2 Å². The number of aliphatic hydroxyl groups is 1. The van der Waals surface area contributed by atoms with E-state index in [-0.39, 0.29) is 23.5 Å². The quantitative estimate of drug-likeness (QED) is 0.797. The molecule has 2 rings (SSSR count). The van der Waals surface area contributed by atoms with Crippen molar-refractivity contribution in [3.63, 3.8) is 0 Å². The minimum Gasteiger partial charge on any atom is -0.444 e. The third-order valence-corrected chi connectivity index (χ3v) is 5.32. The molecule has 7 nitrogen and oxygen atoms in total. The maximum absolute atomic E-state index is 12.2. The van der Waals surface area contributed by atoms with E-state index in [1.807, 2.05) is 41.5 Å². The number of nitrogens with zero attached hydrogens (tertiary/aromatic N) is 1. The molecule has 1 atom stereocenters. The van der Waals surface area contributed by atoms with Crippen LogP contribution in [0.5, 0.6) is 0 Å². The van der Waals surface area contributed by atoms with Crippen LogP contribution in [0.4, 0.5) is 9.59 Å². The zero-order valence-corrected chi connectivity index (χ0v) is 17.0. The Bertz CT molecular complexity index is 541. The second-order valence-electron chi connectivity index (χ2n) is 9.72. The topological polar surface area (TPSA) is 88.1 Å². The van der Waals surface area contributed by atoms with Crippen LogP contribution in [0.1, 0.15) is 60.8 Å². The van der Waals surface area contributed by atoms with Crippen LogP contribution in [0.2, 0.25) is 0 Å². The molecule has 2 N–H and O–H groups in total. The summed E-state index contributed by atoms with van der Waals surface area (Å²) < 4.78 is 10.7. The van der Waals surface area contributed by atoms with Gasteiger partial charge in [-0.3, -0.25) is 0 Å². The third kappa shape index (κ3) is 4.81. The van der Waals surface area contributed by atoms with Crippen LogP contribution in [0.3, 0.4) is 0 Å². The molecule has 1 heterocycles. The fourth-order valence-electron chi connectivity index (χ4n) is 3.84. The van der Waals surface area contributed by atoms with Gasteiger partial charge in [-0.15, -0.1) is 0 Å². The van der Waals surface area contributed by atoms with E-state index in [9.17, 15) is 14.7 Å². The summed E-state index contributed by atoms with van der Waals surface area (Å²) in [6.07, 6.45) is 1.73. The van der Waals surface area contributed by atoms with Crippen molar-refractivity contribution < 1.29 is 24.2 Å². The largest absolute Gasteiger partial charge is 0.444 e. The lowest BCUT2D eigenvalue weighted by Gasteiger charge is -2.36. The molecule has 1 aliphatic heterocycles. The molecular weight excluding hydrogens is 336 g/mol. The first-order valence-corrected chi connectivity index (χ1v) is 9.37. The highest BCUT2D eigenvalue weighted by Crippen LogP contribution is 2.68. The number of ether oxygens (including phenoxy) is 2. The van der Waals surface area contributed by atoms with Gasteiger partial charge in [-0.25, -0.2) is 9.59 Å². The molecule has 0 aromatic carbocycles. The normalized spacial score (nSPS) is 25.0. The lowest BCUT2D eigenvalue weighted by molar-refractivity contribution is 0.0134. The van der Waals surface area contributed by atoms with Crippen LogP contribution >= 0.6 is 0 Å². The van der Waals surface area contributed by atoms with Gasteiger partial charge in [-0.2, -0.15) is 0 Å². The van der Waals surface area contributed by atoms with Gasteiger partial charge in [0.2, 0.25) is 0 Å². The van der Waals surface area contributed by atoms with Gasteiger partial charge in [0.15, 0.2) is 0 Å². The molecule has 2 fully saturated rings. The Morgan fingerprint density at radius 1 is 1.04 bits per heavy atom. The fraction of sp³-hybridized carbons (Fsp3) is 0.895. The van der Waals surface area contributed by atoms with Crippen LogP contribution < -0.4 is 5.32 Å². The summed E-state index contributed by atoms with van der Waals surface area (Å²) in [5.41, 5.74) is -1.38. The molecule has 2 aliphatic rings. The van der Waals surface area contributed by atoms with Crippen molar-refractivity contribution >= 4 is 12.2 Å². The SMILES string of the molecule is CC(C)(C)OC(=O)NCC1(CO)CC12CCN(C(=O)OC(C)(C)C)CC2. The predicted octanol–water partition coefficient (Wildman–Crippen LogP) is 2.91. The minimum atomic E-state index is -0.545. The highest BCUT2D eigenvalue weighted by Gasteiger charge is 2.67. The Hall–Kier alpha value is -1.50. The van der Waals surface area contributed by atoms with E-state index in [1.54, 1.807) is 4.90 Å². The Morgan fingerprint density at radius 3 is 2.04 bits per heavy atom. The predicted molar refractivity (Wildman–Crippen MR) is 97.8 cm³/mol. The van der Waals surface area contributed by atoms with Crippen LogP contribution in [-0.4, -0.2) is 59.6 Å². The van der Waals surface area contributed by atoms with Crippen molar-refractivity contribution in [1.82, 2.24) is 10.2 Å². The number of amides is 2. The molecule has 0 radical (unpaired) electrons. The first-order chi connectivity index (χ1) is 11.8. The maximum Gasteiger partial charge on any atom is 0.410 e. The van der Waals surface area contributed by atoms with E-state index in [0.717, 1.165) is 19.3 Å². The molecule has 1 saturated carbocycles. The van der Waals surface area contributed by atoms with E-state index in [0.29, 0.717) is 19.6 Å². The zero-order valence-electron chi connectivity index (χ0n) is 17.0. The Labute approximate surface area is 156 Å². The minimum absolute atomic E-state index is 0.0186. The van der Waals surface area contributed by atoms with Crippen molar-refractivity contribution in [1.29, 1.82) is 0 Å². The highest BCUT2D eigenvalue weighted by atomic mass is 16.6. The van der Waals surface area contributed by atoms with E-state index in [1.165, 1.54) is 0 Å². The van der Waals surface area contributed by atoms with E-state index in [4.69, 9.17) is 9.47 Å². The Morgan fingerprint density at radius 2 is 1.58 bits per heavy atom. The van der Waals surface area contributed by atoms with Gasteiger partial charge in [0.05, 0.1) is 6.61 Å². The average Bonchev–Trinajstić information content (AvgIpc) is 3.09. The van der Waals surface area contributed by atoms with Crippen LogP contribution in [0.25, 0.3) is 0 Å². The molecule has 0 aromatic rings.